The number of fused-ring (bicyclic) bond motifs is 1. The van der Waals surface area contributed by atoms with Crippen molar-refractivity contribution in [3.05, 3.63) is 35.5 Å². The molecule has 0 N–H and O–H groups in total. The Hall–Kier alpha value is -1.50. The molecule has 0 aliphatic carbocycles. The summed E-state index contributed by atoms with van der Waals surface area (Å²) in [5.41, 5.74) is 2.34. The number of carbonyl (C=O) groups excluding carboxylic acids is 1. The van der Waals surface area contributed by atoms with E-state index in [-0.39, 0.29) is 5.91 Å². The molecule has 0 amide bonds. The highest BCUT2D eigenvalue weighted by Crippen LogP contribution is 2.26. The SMILES string of the molecule is N#Cc1cccc2c(CCCCCl)cn(C(=O)CCCCl)c12. The van der Waals surface area contributed by atoms with Crippen LogP contribution in [0.25, 0.3) is 10.9 Å². The first-order valence-electron chi connectivity index (χ1n) is 7.41. The predicted molar refractivity (Wildman–Crippen MR) is 90.9 cm³/mol. The zero-order valence-corrected chi connectivity index (χ0v) is 13.8. The van der Waals surface area contributed by atoms with E-state index in [4.69, 9.17) is 23.2 Å². The van der Waals surface area contributed by atoms with Crippen molar-refractivity contribution in [2.75, 3.05) is 11.8 Å². The van der Waals surface area contributed by atoms with Gasteiger partial charge in [0.1, 0.15) is 6.07 Å². The van der Waals surface area contributed by atoms with E-state index in [1.54, 1.807) is 10.6 Å². The lowest BCUT2D eigenvalue weighted by Gasteiger charge is -2.04. The minimum Gasteiger partial charge on any atom is -0.286 e. The number of rotatable bonds is 7. The normalized spacial score (nSPS) is 10.8. The average Bonchev–Trinajstić information content (AvgIpc) is 2.92. The van der Waals surface area contributed by atoms with E-state index in [1.165, 1.54) is 0 Å². The topological polar surface area (TPSA) is 45.8 Å². The summed E-state index contributed by atoms with van der Waals surface area (Å²) in [6.45, 7) is 0. The molecule has 2 rings (SSSR count). The van der Waals surface area contributed by atoms with Crippen LogP contribution in [0.2, 0.25) is 0 Å². The molecule has 3 nitrogen and oxygen atoms in total. The van der Waals surface area contributed by atoms with E-state index < -0.39 is 0 Å². The van der Waals surface area contributed by atoms with Crippen molar-refractivity contribution in [1.29, 1.82) is 5.26 Å². The number of hydrogen-bond acceptors (Lipinski definition) is 2. The van der Waals surface area contributed by atoms with Crippen LogP contribution in [0.3, 0.4) is 0 Å². The Bertz CT molecular complexity index is 700. The lowest BCUT2D eigenvalue weighted by molar-refractivity contribution is 0.0907. The molecule has 2 aromatic rings. The molecule has 0 saturated carbocycles. The van der Waals surface area contributed by atoms with Crippen LogP contribution in [0.15, 0.2) is 24.4 Å². The molecule has 5 heteroatoms. The third-order valence-electron chi connectivity index (χ3n) is 3.65. The molecule has 1 aromatic heterocycles. The maximum Gasteiger partial charge on any atom is 0.231 e. The number of benzene rings is 1. The van der Waals surface area contributed by atoms with Gasteiger partial charge in [0.15, 0.2) is 0 Å². The summed E-state index contributed by atoms with van der Waals surface area (Å²) in [6.07, 6.45) is 5.65. The van der Waals surface area contributed by atoms with Gasteiger partial charge in [-0.1, -0.05) is 12.1 Å². The summed E-state index contributed by atoms with van der Waals surface area (Å²) >= 11 is 11.4. The van der Waals surface area contributed by atoms with Gasteiger partial charge >= 0.3 is 0 Å². The fourth-order valence-corrected chi connectivity index (χ4v) is 2.91. The molecule has 0 radical (unpaired) electrons. The minimum atomic E-state index is -0.0167. The predicted octanol–water partition coefficient (Wildman–Crippen LogP) is 4.73. The van der Waals surface area contributed by atoms with Gasteiger partial charge in [-0.25, -0.2) is 0 Å². The van der Waals surface area contributed by atoms with Crippen LogP contribution in [0.4, 0.5) is 0 Å². The monoisotopic (exact) mass is 336 g/mol. The molecule has 0 spiro atoms. The summed E-state index contributed by atoms with van der Waals surface area (Å²) < 4.78 is 1.62. The first-order valence-corrected chi connectivity index (χ1v) is 8.48. The number of nitriles is 1. The van der Waals surface area contributed by atoms with Crippen LogP contribution in [0, 0.1) is 11.3 Å². The van der Waals surface area contributed by atoms with E-state index in [0.29, 0.717) is 35.7 Å². The quantitative estimate of drug-likeness (QED) is 0.541. The zero-order chi connectivity index (χ0) is 15.9. The van der Waals surface area contributed by atoms with Gasteiger partial charge < -0.3 is 0 Å². The van der Waals surface area contributed by atoms with Crippen LogP contribution in [-0.4, -0.2) is 22.2 Å². The van der Waals surface area contributed by atoms with Gasteiger partial charge in [0, 0.05) is 29.8 Å². The highest BCUT2D eigenvalue weighted by Gasteiger charge is 2.16. The van der Waals surface area contributed by atoms with Gasteiger partial charge in [-0.15, -0.1) is 23.2 Å². The Labute approximate surface area is 140 Å². The van der Waals surface area contributed by atoms with E-state index >= 15 is 0 Å². The van der Waals surface area contributed by atoms with Crippen molar-refractivity contribution in [3.8, 4) is 6.07 Å². The van der Waals surface area contributed by atoms with Gasteiger partial charge in [-0.2, -0.15) is 5.26 Å². The number of unbranched alkanes of at least 4 members (excludes halogenated alkanes) is 1. The first-order chi connectivity index (χ1) is 10.7. The highest BCUT2D eigenvalue weighted by molar-refractivity contribution is 6.18. The summed E-state index contributed by atoms with van der Waals surface area (Å²) in [6, 6.07) is 7.76. The Morgan fingerprint density at radius 2 is 1.95 bits per heavy atom. The second-order valence-corrected chi connectivity index (χ2v) is 5.93. The molecule has 1 heterocycles. The molecule has 0 fully saturated rings. The number of nitrogens with zero attached hydrogens (tertiary/aromatic N) is 2. The van der Waals surface area contributed by atoms with E-state index in [9.17, 15) is 10.1 Å². The molecule has 22 heavy (non-hydrogen) atoms. The number of aromatic nitrogens is 1. The fraction of sp³-hybridized carbons (Fsp3) is 0.412. The summed E-state index contributed by atoms with van der Waals surface area (Å²) in [7, 11) is 0. The minimum absolute atomic E-state index is 0.0167. The van der Waals surface area contributed by atoms with Crippen LogP contribution in [0.1, 0.15) is 41.6 Å². The highest BCUT2D eigenvalue weighted by atomic mass is 35.5. The molecule has 0 unspecified atom stereocenters. The standard InChI is InChI=1S/C17H18Cl2N2O/c18-9-2-1-5-14-12-21(16(22)8-4-10-19)17-13(11-20)6-3-7-15(14)17/h3,6-7,12H,1-2,4-5,8-10H2. The third-order valence-corrected chi connectivity index (χ3v) is 4.19. The summed E-state index contributed by atoms with van der Waals surface area (Å²) in [4.78, 5) is 12.4. The average molecular weight is 337 g/mol. The largest absolute Gasteiger partial charge is 0.286 e. The lowest BCUT2D eigenvalue weighted by atomic mass is 10.1. The summed E-state index contributed by atoms with van der Waals surface area (Å²) in [5.74, 6) is 1.08. The number of carbonyl (C=O) groups is 1. The van der Waals surface area contributed by atoms with Gasteiger partial charge in [-0.05, 0) is 37.3 Å². The Morgan fingerprint density at radius 3 is 2.64 bits per heavy atom. The third kappa shape index (κ3) is 3.63. The van der Waals surface area contributed by atoms with Crippen LogP contribution < -0.4 is 0 Å². The molecular formula is C17H18Cl2N2O. The second-order valence-electron chi connectivity index (χ2n) is 5.17. The Balaban J connectivity index is 2.45. The van der Waals surface area contributed by atoms with E-state index in [1.807, 2.05) is 18.3 Å². The fourth-order valence-electron chi connectivity index (χ4n) is 2.59. The number of para-hydroxylation sites is 1. The van der Waals surface area contributed by atoms with Crippen molar-refractivity contribution in [1.82, 2.24) is 4.57 Å². The lowest BCUT2D eigenvalue weighted by Crippen LogP contribution is -2.09. The maximum absolute atomic E-state index is 12.4. The molecule has 0 atom stereocenters. The van der Waals surface area contributed by atoms with Crippen LogP contribution in [0.5, 0.6) is 0 Å². The van der Waals surface area contributed by atoms with Crippen molar-refractivity contribution in [2.24, 2.45) is 0 Å². The summed E-state index contributed by atoms with van der Waals surface area (Å²) in [5, 5.41) is 10.3. The zero-order valence-electron chi connectivity index (χ0n) is 12.3. The Morgan fingerprint density at radius 1 is 1.18 bits per heavy atom. The van der Waals surface area contributed by atoms with Crippen molar-refractivity contribution in [2.45, 2.75) is 32.1 Å². The van der Waals surface area contributed by atoms with Crippen molar-refractivity contribution in [3.63, 3.8) is 0 Å². The van der Waals surface area contributed by atoms with Crippen LogP contribution >= 0.6 is 23.2 Å². The van der Waals surface area contributed by atoms with Crippen molar-refractivity contribution >= 4 is 40.0 Å². The van der Waals surface area contributed by atoms with E-state index in [0.717, 1.165) is 30.2 Å². The Kier molecular flexibility index (Phi) is 6.30. The number of hydrogen-bond donors (Lipinski definition) is 0. The van der Waals surface area contributed by atoms with Crippen LogP contribution in [-0.2, 0) is 6.42 Å². The van der Waals surface area contributed by atoms with Gasteiger partial charge in [-0.3, -0.25) is 9.36 Å². The number of aryl methyl sites for hydroxylation is 1. The van der Waals surface area contributed by atoms with E-state index in [2.05, 4.69) is 6.07 Å². The van der Waals surface area contributed by atoms with Gasteiger partial charge in [0.05, 0.1) is 11.1 Å². The first kappa shape index (κ1) is 16.9. The number of alkyl halides is 2. The number of halogens is 2. The van der Waals surface area contributed by atoms with Gasteiger partial charge in [0.25, 0.3) is 0 Å². The smallest absolute Gasteiger partial charge is 0.231 e. The molecule has 0 aliphatic rings. The molecule has 0 saturated heterocycles. The van der Waals surface area contributed by atoms with Crippen molar-refractivity contribution < 1.29 is 4.79 Å². The second kappa shape index (κ2) is 8.22. The molecule has 116 valence electrons. The maximum atomic E-state index is 12.4. The molecule has 1 aromatic carbocycles. The molecule has 0 bridgehead atoms. The van der Waals surface area contributed by atoms with Gasteiger partial charge in [0.2, 0.25) is 5.91 Å². The molecule has 0 aliphatic heterocycles. The molecular weight excluding hydrogens is 319 g/mol.